The second kappa shape index (κ2) is 5.01. The van der Waals surface area contributed by atoms with E-state index in [4.69, 9.17) is 4.74 Å². The number of carbonyl (C=O) groups excluding carboxylic acids is 1. The van der Waals surface area contributed by atoms with Gasteiger partial charge >= 0.3 is 6.18 Å². The van der Waals surface area contributed by atoms with E-state index in [1.807, 2.05) is 6.92 Å². The van der Waals surface area contributed by atoms with Crippen molar-refractivity contribution in [3.63, 3.8) is 0 Å². The molecule has 1 heterocycles. The van der Waals surface area contributed by atoms with Crippen LogP contribution in [0.15, 0.2) is 0 Å². The highest BCUT2D eigenvalue weighted by Gasteiger charge is 2.33. The number of rotatable bonds is 5. The van der Waals surface area contributed by atoms with Crippen molar-refractivity contribution in [1.29, 1.82) is 0 Å². The van der Waals surface area contributed by atoms with Gasteiger partial charge in [0, 0.05) is 12.0 Å². The van der Waals surface area contributed by atoms with Gasteiger partial charge in [-0.15, -0.1) is 0 Å². The van der Waals surface area contributed by atoms with Crippen LogP contribution in [0.2, 0.25) is 0 Å². The van der Waals surface area contributed by atoms with E-state index in [1.54, 1.807) is 5.32 Å². The first-order valence-corrected chi connectivity index (χ1v) is 4.93. The number of carbonyl (C=O) groups is 1. The van der Waals surface area contributed by atoms with Crippen LogP contribution in [0.3, 0.4) is 0 Å². The Labute approximate surface area is 91.5 Å². The molecule has 0 aliphatic carbocycles. The van der Waals surface area contributed by atoms with Gasteiger partial charge in [-0.25, -0.2) is 0 Å². The lowest BCUT2D eigenvalue weighted by molar-refractivity contribution is -0.138. The molecular weight excluding hydrogens is 225 g/mol. The van der Waals surface area contributed by atoms with E-state index in [-0.39, 0.29) is 12.0 Å². The lowest BCUT2D eigenvalue weighted by Gasteiger charge is -2.38. The molecule has 0 bridgehead atoms. The maximum absolute atomic E-state index is 11.7. The van der Waals surface area contributed by atoms with Gasteiger partial charge in [-0.05, 0) is 0 Å². The zero-order valence-corrected chi connectivity index (χ0v) is 8.99. The van der Waals surface area contributed by atoms with Crippen LogP contribution in [0, 0.1) is 5.41 Å². The first-order chi connectivity index (χ1) is 7.31. The number of alkyl halides is 3. The fourth-order valence-corrected chi connectivity index (χ4v) is 1.29. The molecule has 0 aromatic rings. The smallest absolute Gasteiger partial charge is 0.380 e. The molecule has 1 aliphatic heterocycles. The van der Waals surface area contributed by atoms with Crippen LogP contribution in [0.4, 0.5) is 13.2 Å². The summed E-state index contributed by atoms with van der Waals surface area (Å²) in [5.74, 6) is -0.652. The molecule has 1 rings (SSSR count). The minimum atomic E-state index is -4.36. The SMILES string of the molecule is CC1(CNCC(=O)NCC(F)(F)F)COC1. The van der Waals surface area contributed by atoms with Gasteiger partial charge in [-0.1, -0.05) is 6.92 Å². The van der Waals surface area contributed by atoms with Gasteiger partial charge in [-0.2, -0.15) is 13.2 Å². The molecule has 1 aliphatic rings. The van der Waals surface area contributed by atoms with E-state index in [1.165, 1.54) is 0 Å². The van der Waals surface area contributed by atoms with Gasteiger partial charge in [0.05, 0.1) is 19.8 Å². The number of halogens is 3. The van der Waals surface area contributed by atoms with Gasteiger partial charge in [-0.3, -0.25) is 4.79 Å². The summed E-state index contributed by atoms with van der Waals surface area (Å²) in [5.41, 5.74) is 0.00427. The van der Waals surface area contributed by atoms with Crippen LogP contribution < -0.4 is 10.6 Å². The lowest BCUT2D eigenvalue weighted by Crippen LogP contribution is -2.49. The molecule has 0 unspecified atom stereocenters. The number of ether oxygens (including phenoxy) is 1. The van der Waals surface area contributed by atoms with Gasteiger partial charge in [0.1, 0.15) is 6.54 Å². The monoisotopic (exact) mass is 240 g/mol. The fourth-order valence-electron chi connectivity index (χ4n) is 1.29. The summed E-state index contributed by atoms with van der Waals surface area (Å²) in [6.07, 6.45) is -4.36. The Kier molecular flexibility index (Phi) is 4.15. The normalized spacial score (nSPS) is 19.0. The minimum absolute atomic E-state index is 0.00427. The quantitative estimate of drug-likeness (QED) is 0.726. The fraction of sp³-hybridized carbons (Fsp3) is 0.889. The van der Waals surface area contributed by atoms with Crippen LogP contribution in [0.1, 0.15) is 6.92 Å². The minimum Gasteiger partial charge on any atom is -0.380 e. The highest BCUT2D eigenvalue weighted by atomic mass is 19.4. The average Bonchev–Trinajstić information content (AvgIpc) is 2.11. The summed E-state index contributed by atoms with van der Waals surface area (Å²) in [7, 11) is 0. The molecule has 0 radical (unpaired) electrons. The third-order valence-electron chi connectivity index (χ3n) is 2.22. The van der Waals surface area contributed by atoms with Crippen LogP contribution in [-0.2, 0) is 9.53 Å². The standard InChI is InChI=1S/C9H15F3N2O2/c1-8(5-16-6-8)3-13-2-7(15)14-4-9(10,11)12/h13H,2-6H2,1H3,(H,14,15). The van der Waals surface area contributed by atoms with Gasteiger partial charge in [0.2, 0.25) is 5.91 Å². The average molecular weight is 240 g/mol. The second-order valence-corrected chi connectivity index (χ2v) is 4.30. The van der Waals surface area contributed by atoms with E-state index >= 15 is 0 Å². The van der Waals surface area contributed by atoms with Crippen molar-refractivity contribution in [2.24, 2.45) is 5.41 Å². The molecule has 1 amide bonds. The number of hydrogen-bond acceptors (Lipinski definition) is 3. The molecule has 0 aromatic heterocycles. The van der Waals surface area contributed by atoms with E-state index < -0.39 is 18.6 Å². The van der Waals surface area contributed by atoms with Gasteiger partial charge < -0.3 is 15.4 Å². The topological polar surface area (TPSA) is 50.4 Å². The van der Waals surface area contributed by atoms with Crippen LogP contribution in [-0.4, -0.2) is 44.9 Å². The molecule has 16 heavy (non-hydrogen) atoms. The van der Waals surface area contributed by atoms with E-state index in [9.17, 15) is 18.0 Å². The molecule has 94 valence electrons. The van der Waals surface area contributed by atoms with E-state index in [2.05, 4.69) is 5.32 Å². The summed E-state index contributed by atoms with van der Waals surface area (Å²) < 4.78 is 40.2. The van der Waals surface area contributed by atoms with Crippen molar-refractivity contribution >= 4 is 5.91 Å². The lowest BCUT2D eigenvalue weighted by atomic mass is 9.89. The Hall–Kier alpha value is -0.820. The molecular formula is C9H15F3N2O2. The Bertz CT molecular complexity index is 252. The van der Waals surface area contributed by atoms with Crippen LogP contribution in [0.5, 0.6) is 0 Å². The van der Waals surface area contributed by atoms with Crippen molar-refractivity contribution in [1.82, 2.24) is 10.6 Å². The van der Waals surface area contributed by atoms with Crippen molar-refractivity contribution < 1.29 is 22.7 Å². The second-order valence-electron chi connectivity index (χ2n) is 4.30. The van der Waals surface area contributed by atoms with E-state index in [0.29, 0.717) is 19.8 Å². The molecule has 4 nitrogen and oxygen atoms in total. The van der Waals surface area contributed by atoms with Gasteiger partial charge in [0.25, 0.3) is 0 Å². The Balaban J connectivity index is 2.06. The number of hydrogen-bond donors (Lipinski definition) is 2. The highest BCUT2D eigenvalue weighted by Crippen LogP contribution is 2.24. The highest BCUT2D eigenvalue weighted by molar-refractivity contribution is 5.78. The molecule has 2 N–H and O–H groups in total. The molecule has 1 fully saturated rings. The molecule has 0 aromatic carbocycles. The molecule has 0 atom stereocenters. The van der Waals surface area contributed by atoms with Crippen molar-refractivity contribution in [3.8, 4) is 0 Å². The summed E-state index contributed by atoms with van der Waals surface area (Å²) in [4.78, 5) is 11.0. The Morgan fingerprint density at radius 2 is 2.06 bits per heavy atom. The molecule has 1 saturated heterocycles. The van der Waals surface area contributed by atoms with Crippen molar-refractivity contribution in [3.05, 3.63) is 0 Å². The third-order valence-corrected chi connectivity index (χ3v) is 2.22. The van der Waals surface area contributed by atoms with E-state index in [0.717, 1.165) is 0 Å². The zero-order valence-electron chi connectivity index (χ0n) is 8.99. The maximum atomic E-state index is 11.7. The van der Waals surface area contributed by atoms with Crippen molar-refractivity contribution in [2.45, 2.75) is 13.1 Å². The molecule has 0 spiro atoms. The first kappa shape index (κ1) is 13.2. The third kappa shape index (κ3) is 4.80. The summed E-state index contributed by atoms with van der Waals surface area (Å²) in [6.45, 7) is 2.39. The van der Waals surface area contributed by atoms with Crippen LogP contribution in [0.25, 0.3) is 0 Å². The summed E-state index contributed by atoms with van der Waals surface area (Å²) >= 11 is 0. The molecule has 0 saturated carbocycles. The number of amides is 1. The predicted octanol–water partition coefficient (Wildman–Crippen LogP) is 0.291. The largest absolute Gasteiger partial charge is 0.405 e. The maximum Gasteiger partial charge on any atom is 0.405 e. The number of nitrogens with one attached hydrogen (secondary N) is 2. The summed E-state index contributed by atoms with van der Waals surface area (Å²) in [6, 6.07) is 0. The van der Waals surface area contributed by atoms with Crippen molar-refractivity contribution in [2.75, 3.05) is 32.8 Å². The zero-order chi connectivity index (χ0) is 12.2. The first-order valence-electron chi connectivity index (χ1n) is 4.93. The summed E-state index contributed by atoms with van der Waals surface area (Å²) in [5, 5.41) is 4.59. The van der Waals surface area contributed by atoms with Crippen LogP contribution >= 0.6 is 0 Å². The van der Waals surface area contributed by atoms with Gasteiger partial charge in [0.15, 0.2) is 0 Å². The Morgan fingerprint density at radius 3 is 2.50 bits per heavy atom. The molecule has 7 heteroatoms. The Morgan fingerprint density at radius 1 is 1.44 bits per heavy atom. The predicted molar refractivity (Wildman–Crippen MR) is 50.9 cm³/mol.